The van der Waals surface area contributed by atoms with Crippen molar-refractivity contribution in [2.24, 2.45) is 7.05 Å². The van der Waals surface area contributed by atoms with Crippen LogP contribution in [0.15, 0.2) is 24.5 Å². The Bertz CT molecular complexity index is 481. The Morgan fingerprint density at radius 2 is 2.20 bits per heavy atom. The van der Waals surface area contributed by atoms with Crippen molar-refractivity contribution in [3.8, 4) is 17.1 Å². The minimum atomic E-state index is -0.439. The third-order valence-corrected chi connectivity index (χ3v) is 2.02. The number of aromatic nitrogens is 3. The lowest BCUT2D eigenvalue weighted by atomic mass is 10.2. The second kappa shape index (κ2) is 3.68. The van der Waals surface area contributed by atoms with Gasteiger partial charge in [-0.25, -0.2) is 9.37 Å². The highest BCUT2D eigenvalue weighted by molar-refractivity contribution is 5.58. The van der Waals surface area contributed by atoms with Crippen molar-refractivity contribution in [2.45, 2.75) is 0 Å². The number of hydrogen-bond acceptors (Lipinski definition) is 3. The lowest BCUT2D eigenvalue weighted by Gasteiger charge is -2.03. The summed E-state index contributed by atoms with van der Waals surface area (Å²) in [5, 5.41) is 4.03. The van der Waals surface area contributed by atoms with Crippen molar-refractivity contribution >= 4 is 0 Å². The molecule has 4 nitrogen and oxygen atoms in total. The van der Waals surface area contributed by atoms with Crippen LogP contribution in [0, 0.1) is 5.82 Å². The second-order valence-electron chi connectivity index (χ2n) is 3.06. The molecule has 78 valence electrons. The Kier molecular flexibility index (Phi) is 2.37. The quantitative estimate of drug-likeness (QED) is 0.751. The number of methoxy groups -OCH3 is 1. The molecule has 0 aliphatic rings. The first kappa shape index (κ1) is 9.64. The average molecular weight is 207 g/mol. The summed E-state index contributed by atoms with van der Waals surface area (Å²) in [7, 11) is 3.16. The fourth-order valence-corrected chi connectivity index (χ4v) is 1.30. The van der Waals surface area contributed by atoms with Crippen LogP contribution in [0.2, 0.25) is 0 Å². The van der Waals surface area contributed by atoms with Crippen LogP contribution in [0.25, 0.3) is 11.4 Å². The Morgan fingerprint density at radius 3 is 2.80 bits per heavy atom. The van der Waals surface area contributed by atoms with Gasteiger partial charge < -0.3 is 4.74 Å². The number of aryl methyl sites for hydroxylation is 1. The second-order valence-corrected chi connectivity index (χ2v) is 3.06. The topological polar surface area (TPSA) is 39.9 Å². The van der Waals surface area contributed by atoms with Gasteiger partial charge in [0.05, 0.1) is 12.7 Å². The minimum Gasteiger partial charge on any atom is -0.494 e. The van der Waals surface area contributed by atoms with Gasteiger partial charge in [0.1, 0.15) is 6.33 Å². The highest BCUT2D eigenvalue weighted by Gasteiger charge is 2.12. The Morgan fingerprint density at radius 1 is 1.40 bits per heavy atom. The molecule has 0 aliphatic carbocycles. The third-order valence-electron chi connectivity index (χ3n) is 2.02. The molecule has 1 aromatic carbocycles. The van der Waals surface area contributed by atoms with E-state index in [1.807, 2.05) is 0 Å². The van der Waals surface area contributed by atoms with E-state index in [1.165, 1.54) is 18.1 Å². The molecule has 2 rings (SSSR count). The van der Waals surface area contributed by atoms with Crippen molar-refractivity contribution in [2.75, 3.05) is 7.11 Å². The number of rotatable bonds is 2. The molecule has 0 N–H and O–H groups in total. The summed E-state index contributed by atoms with van der Waals surface area (Å²) in [4.78, 5) is 3.98. The molecule has 0 saturated heterocycles. The highest BCUT2D eigenvalue weighted by Crippen LogP contribution is 2.26. The van der Waals surface area contributed by atoms with Crippen molar-refractivity contribution in [3.05, 3.63) is 30.3 Å². The van der Waals surface area contributed by atoms with Crippen LogP contribution in [0.3, 0.4) is 0 Å². The standard InChI is InChI=1S/C10H10FN3O/c1-14-6-12-10(13-14)7-4-3-5-8(15-2)9(7)11/h3-6H,1-2H3. The summed E-state index contributed by atoms with van der Waals surface area (Å²) >= 11 is 0. The fraction of sp³-hybridized carbons (Fsp3) is 0.200. The van der Waals surface area contributed by atoms with Crippen molar-refractivity contribution in [3.63, 3.8) is 0 Å². The zero-order valence-electron chi connectivity index (χ0n) is 8.44. The number of ether oxygens (including phenoxy) is 1. The van der Waals surface area contributed by atoms with E-state index in [-0.39, 0.29) is 5.75 Å². The van der Waals surface area contributed by atoms with E-state index in [0.717, 1.165) is 0 Å². The molecule has 0 atom stereocenters. The summed E-state index contributed by atoms with van der Waals surface area (Å²) in [6.07, 6.45) is 1.52. The lowest BCUT2D eigenvalue weighted by molar-refractivity contribution is 0.387. The Balaban J connectivity index is 2.53. The van der Waals surface area contributed by atoms with Crippen molar-refractivity contribution < 1.29 is 9.13 Å². The molecule has 0 aliphatic heterocycles. The maximum Gasteiger partial charge on any atom is 0.184 e. The number of nitrogens with zero attached hydrogens (tertiary/aromatic N) is 3. The van der Waals surface area contributed by atoms with E-state index < -0.39 is 5.82 Å². The molecule has 2 aromatic rings. The molecule has 0 fully saturated rings. The van der Waals surface area contributed by atoms with Crippen LogP contribution in [-0.4, -0.2) is 21.9 Å². The molecule has 0 spiro atoms. The molecule has 1 heterocycles. The van der Waals surface area contributed by atoms with Crippen molar-refractivity contribution in [1.82, 2.24) is 14.8 Å². The van der Waals surface area contributed by atoms with Gasteiger partial charge in [0.25, 0.3) is 0 Å². The van der Waals surface area contributed by atoms with Gasteiger partial charge in [0.15, 0.2) is 17.4 Å². The maximum atomic E-state index is 13.8. The first-order chi connectivity index (χ1) is 7.22. The normalized spacial score (nSPS) is 10.3. The van der Waals surface area contributed by atoms with E-state index in [2.05, 4.69) is 10.1 Å². The van der Waals surface area contributed by atoms with Crippen LogP contribution >= 0.6 is 0 Å². The largest absolute Gasteiger partial charge is 0.494 e. The molecule has 0 unspecified atom stereocenters. The predicted molar refractivity (Wildman–Crippen MR) is 52.9 cm³/mol. The van der Waals surface area contributed by atoms with E-state index in [9.17, 15) is 4.39 Å². The maximum absolute atomic E-state index is 13.8. The summed E-state index contributed by atoms with van der Waals surface area (Å²) in [6.45, 7) is 0. The van der Waals surface area contributed by atoms with Crippen LogP contribution in [-0.2, 0) is 7.05 Å². The molecule has 15 heavy (non-hydrogen) atoms. The van der Waals surface area contributed by atoms with Crippen LogP contribution in [0.1, 0.15) is 0 Å². The van der Waals surface area contributed by atoms with Gasteiger partial charge in [-0.15, -0.1) is 0 Å². The van der Waals surface area contributed by atoms with Gasteiger partial charge in [-0.3, -0.25) is 4.68 Å². The molecular formula is C10H10FN3O. The van der Waals surface area contributed by atoms with E-state index >= 15 is 0 Å². The van der Waals surface area contributed by atoms with E-state index in [1.54, 1.807) is 25.2 Å². The smallest absolute Gasteiger partial charge is 0.184 e. The fourth-order valence-electron chi connectivity index (χ4n) is 1.30. The van der Waals surface area contributed by atoms with Gasteiger partial charge >= 0.3 is 0 Å². The molecular weight excluding hydrogens is 197 g/mol. The third kappa shape index (κ3) is 1.68. The van der Waals surface area contributed by atoms with Crippen molar-refractivity contribution in [1.29, 1.82) is 0 Å². The zero-order valence-corrected chi connectivity index (χ0v) is 8.44. The highest BCUT2D eigenvalue weighted by atomic mass is 19.1. The molecule has 0 saturated carbocycles. The SMILES string of the molecule is COc1cccc(-c2ncn(C)n2)c1F. The van der Waals surface area contributed by atoms with Crippen LogP contribution in [0.4, 0.5) is 4.39 Å². The first-order valence-electron chi connectivity index (χ1n) is 4.41. The number of hydrogen-bond donors (Lipinski definition) is 0. The molecule has 0 amide bonds. The number of halogens is 1. The predicted octanol–water partition coefficient (Wildman–Crippen LogP) is 1.63. The Labute approximate surface area is 86.3 Å². The van der Waals surface area contributed by atoms with Crippen LogP contribution < -0.4 is 4.74 Å². The minimum absolute atomic E-state index is 0.194. The van der Waals surface area contributed by atoms with E-state index in [0.29, 0.717) is 11.4 Å². The lowest BCUT2D eigenvalue weighted by Crippen LogP contribution is -1.93. The molecule has 5 heteroatoms. The molecule has 0 bridgehead atoms. The summed E-state index contributed by atoms with van der Waals surface area (Å²) < 4.78 is 20.2. The molecule has 0 radical (unpaired) electrons. The van der Waals surface area contributed by atoms with Gasteiger partial charge in [0.2, 0.25) is 0 Å². The summed E-state index contributed by atoms with van der Waals surface area (Å²) in [5.41, 5.74) is 0.343. The molecule has 1 aromatic heterocycles. The van der Waals surface area contributed by atoms with Gasteiger partial charge in [0, 0.05) is 7.05 Å². The summed E-state index contributed by atoms with van der Waals surface area (Å²) in [6, 6.07) is 4.88. The monoisotopic (exact) mass is 207 g/mol. The van der Waals surface area contributed by atoms with E-state index in [4.69, 9.17) is 4.74 Å². The number of benzene rings is 1. The average Bonchev–Trinajstić information content (AvgIpc) is 2.65. The summed E-state index contributed by atoms with van der Waals surface area (Å²) in [5.74, 6) is 0.111. The Hall–Kier alpha value is -1.91. The van der Waals surface area contributed by atoms with Crippen LogP contribution in [0.5, 0.6) is 5.75 Å². The van der Waals surface area contributed by atoms with Gasteiger partial charge in [-0.1, -0.05) is 6.07 Å². The van der Waals surface area contributed by atoms with Gasteiger partial charge in [-0.2, -0.15) is 5.10 Å². The van der Waals surface area contributed by atoms with Gasteiger partial charge in [-0.05, 0) is 12.1 Å². The first-order valence-corrected chi connectivity index (χ1v) is 4.41. The zero-order chi connectivity index (χ0) is 10.8.